The van der Waals surface area contributed by atoms with Crippen molar-refractivity contribution in [3.8, 4) is 0 Å². The molecule has 0 heterocycles. The van der Waals surface area contributed by atoms with E-state index >= 15 is 0 Å². The average Bonchev–Trinajstić information content (AvgIpc) is 2.28. The molecule has 0 aliphatic heterocycles. The Balaban J connectivity index is 3.13. The molecule has 0 saturated carbocycles. The molecule has 0 bridgehead atoms. The highest BCUT2D eigenvalue weighted by Crippen LogP contribution is 2.24. The molecule has 0 aliphatic rings. The van der Waals surface area contributed by atoms with Crippen LogP contribution in [-0.4, -0.2) is 13.1 Å². The Kier molecular flexibility index (Phi) is 3.30. The molecule has 0 aliphatic carbocycles. The molecule has 1 aromatic carbocycles. The third-order valence-electron chi connectivity index (χ3n) is 2.54. The first kappa shape index (κ1) is 11.5. The largest absolute Gasteiger partial charge is 0.465 e. The zero-order valence-corrected chi connectivity index (χ0v) is 9.41. The number of allylic oxidation sites excluding steroid dienone is 1. The summed E-state index contributed by atoms with van der Waals surface area (Å²) < 4.78 is 4.67. The van der Waals surface area contributed by atoms with Crippen LogP contribution in [0.5, 0.6) is 0 Å². The van der Waals surface area contributed by atoms with E-state index in [2.05, 4.69) is 25.2 Å². The number of hydrogen-bond acceptors (Lipinski definition) is 2. The highest BCUT2D eigenvalue weighted by atomic mass is 16.5. The summed E-state index contributed by atoms with van der Waals surface area (Å²) in [5, 5.41) is 0. The van der Waals surface area contributed by atoms with Gasteiger partial charge in [0.1, 0.15) is 0 Å². The van der Waals surface area contributed by atoms with E-state index in [0.717, 1.165) is 5.56 Å². The quantitative estimate of drug-likeness (QED) is 0.559. The fourth-order valence-electron chi connectivity index (χ4n) is 1.28. The van der Waals surface area contributed by atoms with Gasteiger partial charge < -0.3 is 4.74 Å². The van der Waals surface area contributed by atoms with Crippen LogP contribution in [0.3, 0.4) is 0 Å². The summed E-state index contributed by atoms with van der Waals surface area (Å²) in [6.07, 6.45) is 1.86. The molecule has 2 nitrogen and oxygen atoms in total. The Bertz CT molecular complexity index is 378. The van der Waals surface area contributed by atoms with Crippen molar-refractivity contribution >= 4 is 5.97 Å². The lowest BCUT2D eigenvalue weighted by molar-refractivity contribution is 0.0600. The summed E-state index contributed by atoms with van der Waals surface area (Å²) in [6, 6.07) is 7.42. The van der Waals surface area contributed by atoms with Gasteiger partial charge in [-0.3, -0.25) is 0 Å². The van der Waals surface area contributed by atoms with Crippen molar-refractivity contribution in [2.45, 2.75) is 19.3 Å². The molecule has 0 atom stereocenters. The summed E-state index contributed by atoms with van der Waals surface area (Å²) >= 11 is 0. The van der Waals surface area contributed by atoms with E-state index in [1.54, 1.807) is 6.07 Å². The van der Waals surface area contributed by atoms with Crippen LogP contribution in [0.2, 0.25) is 0 Å². The third kappa shape index (κ3) is 2.46. The first-order valence-corrected chi connectivity index (χ1v) is 4.83. The standard InChI is InChI=1S/C13H16O2/c1-5-13(2,3)11-8-6-7-10(9-11)12(14)15-4/h5-9H,1H2,2-4H3. The van der Waals surface area contributed by atoms with Gasteiger partial charge in [0, 0.05) is 5.41 Å². The molecule has 0 fully saturated rings. The van der Waals surface area contributed by atoms with Crippen LogP contribution < -0.4 is 0 Å². The number of benzene rings is 1. The topological polar surface area (TPSA) is 26.3 Å². The van der Waals surface area contributed by atoms with E-state index in [1.165, 1.54) is 7.11 Å². The number of ether oxygens (including phenoxy) is 1. The second-order valence-corrected chi connectivity index (χ2v) is 4.00. The van der Waals surface area contributed by atoms with E-state index < -0.39 is 0 Å². The number of esters is 1. The van der Waals surface area contributed by atoms with Crippen molar-refractivity contribution in [3.05, 3.63) is 48.0 Å². The van der Waals surface area contributed by atoms with Crippen molar-refractivity contribution in [1.82, 2.24) is 0 Å². The molecule has 0 radical (unpaired) electrons. The van der Waals surface area contributed by atoms with E-state index in [9.17, 15) is 4.79 Å². The van der Waals surface area contributed by atoms with E-state index in [1.807, 2.05) is 24.3 Å². The summed E-state index contributed by atoms with van der Waals surface area (Å²) in [5.74, 6) is -0.309. The van der Waals surface area contributed by atoms with Crippen LogP contribution in [0.1, 0.15) is 29.8 Å². The minimum absolute atomic E-state index is 0.135. The first-order valence-electron chi connectivity index (χ1n) is 4.83. The predicted octanol–water partition coefficient (Wildman–Crippen LogP) is 2.94. The van der Waals surface area contributed by atoms with Gasteiger partial charge in [-0.05, 0) is 17.7 Å². The molecular weight excluding hydrogens is 188 g/mol. The minimum Gasteiger partial charge on any atom is -0.465 e. The second kappa shape index (κ2) is 4.30. The summed E-state index contributed by atoms with van der Waals surface area (Å²) in [5.41, 5.74) is 1.50. The molecule has 1 rings (SSSR count). The van der Waals surface area contributed by atoms with Gasteiger partial charge in [-0.2, -0.15) is 0 Å². The zero-order chi connectivity index (χ0) is 11.5. The molecule has 15 heavy (non-hydrogen) atoms. The predicted molar refractivity (Wildman–Crippen MR) is 61.0 cm³/mol. The lowest BCUT2D eigenvalue weighted by Gasteiger charge is -2.20. The van der Waals surface area contributed by atoms with Gasteiger partial charge in [-0.15, -0.1) is 6.58 Å². The Morgan fingerprint density at radius 2 is 2.13 bits per heavy atom. The monoisotopic (exact) mass is 204 g/mol. The number of carbonyl (C=O) groups excluding carboxylic acids is 1. The maximum atomic E-state index is 11.3. The minimum atomic E-state index is -0.309. The van der Waals surface area contributed by atoms with Crippen LogP contribution in [-0.2, 0) is 10.2 Å². The molecule has 80 valence electrons. The lowest BCUT2D eigenvalue weighted by Crippen LogP contribution is -2.14. The van der Waals surface area contributed by atoms with Gasteiger partial charge in [-0.1, -0.05) is 32.1 Å². The summed E-state index contributed by atoms with van der Waals surface area (Å²) in [6.45, 7) is 7.89. The lowest BCUT2D eigenvalue weighted by atomic mass is 9.84. The number of rotatable bonds is 3. The molecule has 0 spiro atoms. The molecule has 0 aromatic heterocycles. The fourth-order valence-corrected chi connectivity index (χ4v) is 1.28. The second-order valence-electron chi connectivity index (χ2n) is 4.00. The zero-order valence-electron chi connectivity index (χ0n) is 9.41. The summed E-state index contributed by atoms with van der Waals surface area (Å²) in [7, 11) is 1.38. The Morgan fingerprint density at radius 3 is 2.67 bits per heavy atom. The van der Waals surface area contributed by atoms with Crippen LogP contribution in [0.25, 0.3) is 0 Å². The molecule has 1 aromatic rings. The van der Waals surface area contributed by atoms with Crippen molar-refractivity contribution < 1.29 is 9.53 Å². The number of carbonyl (C=O) groups is 1. The van der Waals surface area contributed by atoms with Crippen LogP contribution in [0.15, 0.2) is 36.9 Å². The highest BCUT2D eigenvalue weighted by Gasteiger charge is 2.17. The van der Waals surface area contributed by atoms with Gasteiger partial charge in [0.25, 0.3) is 0 Å². The smallest absolute Gasteiger partial charge is 0.337 e. The number of methoxy groups -OCH3 is 1. The van der Waals surface area contributed by atoms with Crippen molar-refractivity contribution in [3.63, 3.8) is 0 Å². The Morgan fingerprint density at radius 1 is 1.47 bits per heavy atom. The summed E-state index contributed by atoms with van der Waals surface area (Å²) in [4.78, 5) is 11.3. The van der Waals surface area contributed by atoms with E-state index in [0.29, 0.717) is 5.56 Å². The molecule has 0 unspecified atom stereocenters. The highest BCUT2D eigenvalue weighted by molar-refractivity contribution is 5.89. The average molecular weight is 204 g/mol. The van der Waals surface area contributed by atoms with Gasteiger partial charge in [0.2, 0.25) is 0 Å². The van der Waals surface area contributed by atoms with Crippen LogP contribution in [0.4, 0.5) is 0 Å². The van der Waals surface area contributed by atoms with Gasteiger partial charge in [0.05, 0.1) is 12.7 Å². The maximum Gasteiger partial charge on any atom is 0.337 e. The van der Waals surface area contributed by atoms with Gasteiger partial charge >= 0.3 is 5.97 Å². The van der Waals surface area contributed by atoms with Crippen molar-refractivity contribution in [2.24, 2.45) is 0 Å². The van der Waals surface area contributed by atoms with E-state index in [4.69, 9.17) is 0 Å². The van der Waals surface area contributed by atoms with E-state index in [-0.39, 0.29) is 11.4 Å². The molecule has 0 N–H and O–H groups in total. The molecule has 0 amide bonds. The van der Waals surface area contributed by atoms with Gasteiger partial charge in [0.15, 0.2) is 0 Å². The van der Waals surface area contributed by atoms with Crippen LogP contribution in [0, 0.1) is 0 Å². The fraction of sp³-hybridized carbons (Fsp3) is 0.308. The van der Waals surface area contributed by atoms with Crippen LogP contribution >= 0.6 is 0 Å². The van der Waals surface area contributed by atoms with Crippen molar-refractivity contribution in [2.75, 3.05) is 7.11 Å². The van der Waals surface area contributed by atoms with Crippen molar-refractivity contribution in [1.29, 1.82) is 0 Å². The Hall–Kier alpha value is -1.57. The first-order chi connectivity index (χ1) is 7.01. The number of hydrogen-bond donors (Lipinski definition) is 0. The SMILES string of the molecule is C=CC(C)(C)c1cccc(C(=O)OC)c1. The molecule has 0 saturated heterocycles. The maximum absolute atomic E-state index is 11.3. The molecule has 2 heteroatoms. The Labute approximate surface area is 90.6 Å². The normalized spacial score (nSPS) is 10.9. The van der Waals surface area contributed by atoms with Gasteiger partial charge in [-0.25, -0.2) is 4.79 Å². The third-order valence-corrected chi connectivity index (χ3v) is 2.54. The molecular formula is C13H16O2.